The monoisotopic (exact) mass is 258 g/mol. The van der Waals surface area contributed by atoms with Crippen LogP contribution in [0.2, 0.25) is 0 Å². The number of hydrogen-bond acceptors (Lipinski definition) is 3. The second-order valence-electron chi connectivity index (χ2n) is 3.72. The molecule has 0 aliphatic rings. The van der Waals surface area contributed by atoms with Crippen LogP contribution in [-0.2, 0) is 0 Å². The Bertz CT molecular complexity index is 493. The zero-order valence-corrected chi connectivity index (χ0v) is 9.89. The number of phenols is 1. The molecule has 0 unspecified atom stereocenters. The number of phenolic OH excluding ortho intramolecular Hbond substituents is 1. The third-order valence-electron chi connectivity index (χ3n) is 2.37. The number of halogens is 3. The van der Waals surface area contributed by atoms with E-state index in [2.05, 4.69) is 0 Å². The summed E-state index contributed by atoms with van der Waals surface area (Å²) in [5, 5.41) is 18.9. The van der Waals surface area contributed by atoms with E-state index in [1.165, 1.54) is 18.2 Å². The Balaban J connectivity index is 3.07. The first-order valence-electron chi connectivity index (χ1n) is 5.11. The maximum atomic E-state index is 12.5. The van der Waals surface area contributed by atoms with Gasteiger partial charge in [-0.2, -0.15) is 13.2 Å². The second-order valence-corrected chi connectivity index (χ2v) is 3.72. The molecule has 0 amide bonds. The van der Waals surface area contributed by atoms with Gasteiger partial charge in [0, 0.05) is 7.05 Å². The Kier molecular flexibility index (Phi) is 4.00. The smallest absolute Gasteiger partial charge is 0.430 e. The van der Waals surface area contributed by atoms with Crippen molar-refractivity contribution in [1.29, 1.82) is 5.41 Å². The van der Waals surface area contributed by atoms with Crippen LogP contribution in [-0.4, -0.2) is 24.0 Å². The van der Waals surface area contributed by atoms with Gasteiger partial charge in [0.1, 0.15) is 11.4 Å². The zero-order chi connectivity index (χ0) is 13.9. The molecular formula is C12H13F3N2O. The summed E-state index contributed by atoms with van der Waals surface area (Å²) in [5.74, 6) is 0.0418. The fourth-order valence-electron chi connectivity index (χ4n) is 1.35. The molecule has 0 aliphatic carbocycles. The molecule has 98 valence electrons. The van der Waals surface area contributed by atoms with Crippen molar-refractivity contribution < 1.29 is 18.3 Å². The van der Waals surface area contributed by atoms with E-state index in [1.54, 1.807) is 6.92 Å². The van der Waals surface area contributed by atoms with E-state index in [1.807, 2.05) is 5.32 Å². The van der Waals surface area contributed by atoms with Gasteiger partial charge in [0.05, 0.1) is 5.71 Å². The van der Waals surface area contributed by atoms with Crippen molar-refractivity contribution >= 4 is 5.71 Å². The summed E-state index contributed by atoms with van der Waals surface area (Å²) < 4.78 is 37.4. The predicted molar refractivity (Wildman–Crippen MR) is 62.9 cm³/mol. The second kappa shape index (κ2) is 5.12. The number of rotatable bonds is 3. The first-order valence-corrected chi connectivity index (χ1v) is 5.11. The van der Waals surface area contributed by atoms with Gasteiger partial charge < -0.3 is 15.8 Å². The molecule has 0 spiro atoms. The zero-order valence-electron chi connectivity index (χ0n) is 9.89. The van der Waals surface area contributed by atoms with Gasteiger partial charge in [0.2, 0.25) is 0 Å². The van der Waals surface area contributed by atoms with Crippen molar-refractivity contribution in [3.05, 3.63) is 41.1 Å². The minimum Gasteiger partial charge on any atom is -0.508 e. The Morgan fingerprint density at radius 1 is 1.39 bits per heavy atom. The normalized spacial score (nSPS) is 12.4. The molecule has 1 aromatic rings. The summed E-state index contributed by atoms with van der Waals surface area (Å²) in [6, 6.07) is 4.20. The van der Waals surface area contributed by atoms with Crippen molar-refractivity contribution in [2.75, 3.05) is 7.05 Å². The molecule has 3 nitrogen and oxygen atoms in total. The summed E-state index contributed by atoms with van der Waals surface area (Å²) >= 11 is 0. The Morgan fingerprint density at radius 3 is 2.44 bits per heavy atom. The molecule has 0 aromatic heterocycles. The van der Waals surface area contributed by atoms with Gasteiger partial charge in [-0.15, -0.1) is 0 Å². The van der Waals surface area contributed by atoms with Crippen molar-refractivity contribution in [3.63, 3.8) is 0 Å². The Hall–Kier alpha value is -1.98. The van der Waals surface area contributed by atoms with Gasteiger partial charge in [0.25, 0.3) is 0 Å². The average Bonchev–Trinajstić information content (AvgIpc) is 2.27. The standard InChI is InChI=1S/C12H13F3N2O/c1-7-5-8(3-4-10(7)18)9(16)6-11(17-2)12(13,14)15/h3-6,16-18H,1-2H3/b11-6-,16-9?. The lowest BCUT2D eigenvalue weighted by Crippen LogP contribution is -2.24. The molecular weight excluding hydrogens is 245 g/mol. The van der Waals surface area contributed by atoms with Gasteiger partial charge in [-0.05, 0) is 42.3 Å². The molecule has 0 saturated carbocycles. The largest absolute Gasteiger partial charge is 0.508 e. The molecule has 0 atom stereocenters. The van der Waals surface area contributed by atoms with E-state index >= 15 is 0 Å². The van der Waals surface area contributed by atoms with Crippen molar-refractivity contribution in [3.8, 4) is 5.75 Å². The SMILES string of the molecule is CN/C(=C\C(=N)c1ccc(O)c(C)c1)C(F)(F)F. The number of nitrogens with one attached hydrogen (secondary N) is 2. The van der Waals surface area contributed by atoms with E-state index < -0.39 is 11.9 Å². The fourth-order valence-corrected chi connectivity index (χ4v) is 1.35. The highest BCUT2D eigenvalue weighted by molar-refractivity contribution is 6.07. The van der Waals surface area contributed by atoms with Gasteiger partial charge in [0.15, 0.2) is 0 Å². The van der Waals surface area contributed by atoms with E-state index in [0.29, 0.717) is 17.2 Å². The summed E-state index contributed by atoms with van der Waals surface area (Å²) in [6.45, 7) is 1.61. The average molecular weight is 258 g/mol. The van der Waals surface area contributed by atoms with Crippen LogP contribution in [0.5, 0.6) is 5.75 Å². The van der Waals surface area contributed by atoms with Crippen molar-refractivity contribution in [1.82, 2.24) is 5.32 Å². The van der Waals surface area contributed by atoms with Crippen LogP contribution in [0.25, 0.3) is 0 Å². The molecule has 0 aliphatic heterocycles. The van der Waals surface area contributed by atoms with Crippen LogP contribution in [0.3, 0.4) is 0 Å². The molecule has 6 heteroatoms. The van der Waals surface area contributed by atoms with Gasteiger partial charge >= 0.3 is 6.18 Å². The van der Waals surface area contributed by atoms with Crippen LogP contribution in [0, 0.1) is 12.3 Å². The minimum absolute atomic E-state index is 0.0418. The first-order chi connectivity index (χ1) is 8.25. The molecule has 18 heavy (non-hydrogen) atoms. The highest BCUT2D eigenvalue weighted by atomic mass is 19.4. The third-order valence-corrected chi connectivity index (χ3v) is 2.37. The molecule has 0 fully saturated rings. The van der Waals surface area contributed by atoms with Gasteiger partial charge in [-0.25, -0.2) is 0 Å². The maximum Gasteiger partial charge on any atom is 0.430 e. The number of benzene rings is 1. The molecule has 0 heterocycles. The Morgan fingerprint density at radius 2 is 2.00 bits per heavy atom. The molecule has 0 radical (unpaired) electrons. The summed E-state index contributed by atoms with van der Waals surface area (Å²) in [7, 11) is 1.15. The first kappa shape index (κ1) is 14.1. The molecule has 0 saturated heterocycles. The number of aryl methyl sites for hydroxylation is 1. The molecule has 1 aromatic carbocycles. The summed E-state index contributed by atoms with van der Waals surface area (Å²) in [5.41, 5.74) is -0.455. The fraction of sp³-hybridized carbons (Fsp3) is 0.250. The van der Waals surface area contributed by atoms with Crippen LogP contribution < -0.4 is 5.32 Å². The summed E-state index contributed by atoms with van der Waals surface area (Å²) in [4.78, 5) is 0. The lowest BCUT2D eigenvalue weighted by Gasteiger charge is -2.11. The minimum atomic E-state index is -4.52. The van der Waals surface area contributed by atoms with Crippen LogP contribution in [0.4, 0.5) is 13.2 Å². The van der Waals surface area contributed by atoms with Crippen LogP contribution >= 0.6 is 0 Å². The van der Waals surface area contributed by atoms with Gasteiger partial charge in [-0.1, -0.05) is 0 Å². The van der Waals surface area contributed by atoms with E-state index in [4.69, 9.17) is 5.41 Å². The molecule has 0 bridgehead atoms. The summed E-state index contributed by atoms with van der Waals surface area (Å²) in [6.07, 6.45) is -3.81. The number of hydrogen-bond donors (Lipinski definition) is 3. The predicted octanol–water partition coefficient (Wildman–Crippen LogP) is 2.73. The highest BCUT2D eigenvalue weighted by Gasteiger charge is 2.33. The Labute approximate surface area is 102 Å². The van der Waals surface area contributed by atoms with Crippen molar-refractivity contribution in [2.24, 2.45) is 0 Å². The van der Waals surface area contributed by atoms with Crippen LogP contribution in [0.15, 0.2) is 30.0 Å². The highest BCUT2D eigenvalue weighted by Crippen LogP contribution is 2.24. The van der Waals surface area contributed by atoms with Gasteiger partial charge in [-0.3, -0.25) is 0 Å². The van der Waals surface area contributed by atoms with E-state index in [0.717, 1.165) is 7.05 Å². The lowest BCUT2D eigenvalue weighted by atomic mass is 10.1. The lowest BCUT2D eigenvalue weighted by molar-refractivity contribution is -0.0958. The van der Waals surface area contributed by atoms with Crippen LogP contribution in [0.1, 0.15) is 11.1 Å². The molecule has 1 rings (SSSR count). The number of alkyl halides is 3. The number of allylic oxidation sites excluding steroid dienone is 2. The third kappa shape index (κ3) is 3.26. The maximum absolute atomic E-state index is 12.5. The molecule has 3 N–H and O–H groups in total. The topological polar surface area (TPSA) is 56.1 Å². The van der Waals surface area contributed by atoms with Crippen molar-refractivity contribution in [2.45, 2.75) is 13.1 Å². The van der Waals surface area contributed by atoms with E-state index in [-0.39, 0.29) is 11.5 Å². The number of aromatic hydroxyl groups is 1. The quantitative estimate of drug-likeness (QED) is 0.730. The van der Waals surface area contributed by atoms with E-state index in [9.17, 15) is 18.3 Å².